The van der Waals surface area contributed by atoms with E-state index in [-0.39, 0.29) is 6.61 Å². The Labute approximate surface area is 94.3 Å². The number of rotatable bonds is 5. The molecule has 0 spiro atoms. The third kappa shape index (κ3) is 4.48. The molecule has 1 heterocycles. The normalized spacial score (nSPS) is 12.7. The first-order valence-electron chi connectivity index (χ1n) is 4.94. The monoisotopic (exact) mass is 227 g/mol. The van der Waals surface area contributed by atoms with Gasteiger partial charge in [-0.1, -0.05) is 6.92 Å². The molecule has 0 aliphatic heterocycles. The molecule has 1 rings (SSSR count). The minimum absolute atomic E-state index is 0.227. The molecule has 1 unspecified atom stereocenters. The molecule has 0 aliphatic carbocycles. The molecule has 0 aliphatic rings. The van der Waals surface area contributed by atoms with Crippen molar-refractivity contribution in [1.29, 1.82) is 0 Å². The Hall–Kier alpha value is -0.810. The van der Waals surface area contributed by atoms with Gasteiger partial charge >= 0.3 is 0 Å². The molecule has 0 saturated heterocycles. The number of aliphatic hydroxyl groups excluding tert-OH is 1. The second-order valence-electron chi connectivity index (χ2n) is 3.48. The SMILES string of the molecule is Cc1cc(N)nc(CSC(C)CCO)n1. The summed E-state index contributed by atoms with van der Waals surface area (Å²) < 4.78 is 0. The molecule has 1 aromatic heterocycles. The van der Waals surface area contributed by atoms with E-state index in [4.69, 9.17) is 10.8 Å². The molecule has 0 bridgehead atoms. The topological polar surface area (TPSA) is 72.0 Å². The van der Waals surface area contributed by atoms with E-state index < -0.39 is 0 Å². The van der Waals surface area contributed by atoms with Crippen LogP contribution in [0.1, 0.15) is 24.9 Å². The van der Waals surface area contributed by atoms with Crippen molar-refractivity contribution >= 4 is 17.6 Å². The molecule has 5 heteroatoms. The van der Waals surface area contributed by atoms with Crippen LogP contribution in [0.3, 0.4) is 0 Å². The average molecular weight is 227 g/mol. The van der Waals surface area contributed by atoms with Gasteiger partial charge in [-0.05, 0) is 13.3 Å². The Kier molecular flexibility index (Phi) is 4.84. The fourth-order valence-electron chi connectivity index (χ4n) is 1.20. The number of aryl methyl sites for hydroxylation is 1. The predicted molar refractivity (Wildman–Crippen MR) is 63.6 cm³/mol. The van der Waals surface area contributed by atoms with E-state index in [2.05, 4.69) is 16.9 Å². The summed E-state index contributed by atoms with van der Waals surface area (Å²) >= 11 is 1.73. The van der Waals surface area contributed by atoms with E-state index in [1.54, 1.807) is 17.8 Å². The highest BCUT2D eigenvalue weighted by Gasteiger charge is 2.05. The summed E-state index contributed by atoms with van der Waals surface area (Å²) in [5.74, 6) is 2.03. The molecule has 0 aromatic carbocycles. The molecular weight excluding hydrogens is 210 g/mol. The number of hydrogen-bond donors (Lipinski definition) is 2. The number of nitrogen functional groups attached to an aromatic ring is 1. The second kappa shape index (κ2) is 5.92. The van der Waals surface area contributed by atoms with E-state index in [0.29, 0.717) is 11.1 Å². The third-order valence-corrected chi connectivity index (χ3v) is 3.18. The number of aromatic nitrogens is 2. The zero-order chi connectivity index (χ0) is 11.3. The maximum Gasteiger partial charge on any atom is 0.140 e. The Morgan fingerprint density at radius 3 is 2.87 bits per heavy atom. The predicted octanol–water partition coefficient (Wildman–Crippen LogP) is 1.37. The van der Waals surface area contributed by atoms with Crippen molar-refractivity contribution in [2.24, 2.45) is 0 Å². The first-order chi connectivity index (χ1) is 7.11. The van der Waals surface area contributed by atoms with Crippen molar-refractivity contribution < 1.29 is 5.11 Å². The van der Waals surface area contributed by atoms with Gasteiger partial charge in [0.25, 0.3) is 0 Å². The largest absolute Gasteiger partial charge is 0.396 e. The van der Waals surface area contributed by atoms with Crippen LogP contribution in [0, 0.1) is 6.92 Å². The van der Waals surface area contributed by atoms with Gasteiger partial charge in [-0.25, -0.2) is 9.97 Å². The van der Waals surface area contributed by atoms with Gasteiger partial charge in [-0.3, -0.25) is 0 Å². The van der Waals surface area contributed by atoms with Crippen LogP contribution in [-0.2, 0) is 5.75 Å². The van der Waals surface area contributed by atoms with Crippen molar-refractivity contribution in [3.8, 4) is 0 Å². The molecule has 84 valence electrons. The average Bonchev–Trinajstić information content (AvgIpc) is 2.14. The third-order valence-electron chi connectivity index (χ3n) is 1.95. The van der Waals surface area contributed by atoms with Gasteiger partial charge in [0.1, 0.15) is 11.6 Å². The lowest BCUT2D eigenvalue weighted by Crippen LogP contribution is -2.04. The van der Waals surface area contributed by atoms with Crippen LogP contribution >= 0.6 is 11.8 Å². The van der Waals surface area contributed by atoms with Gasteiger partial charge in [0.2, 0.25) is 0 Å². The van der Waals surface area contributed by atoms with Crippen molar-refractivity contribution in [2.75, 3.05) is 12.3 Å². The van der Waals surface area contributed by atoms with Crippen molar-refractivity contribution in [2.45, 2.75) is 31.3 Å². The number of nitrogens with zero attached hydrogens (tertiary/aromatic N) is 2. The maximum atomic E-state index is 8.76. The summed E-state index contributed by atoms with van der Waals surface area (Å²) in [6.07, 6.45) is 0.798. The van der Waals surface area contributed by atoms with Gasteiger partial charge < -0.3 is 10.8 Å². The van der Waals surface area contributed by atoms with E-state index in [0.717, 1.165) is 23.7 Å². The van der Waals surface area contributed by atoms with Crippen LogP contribution < -0.4 is 5.73 Å². The molecule has 3 N–H and O–H groups in total. The molecule has 0 amide bonds. The highest BCUT2D eigenvalue weighted by Crippen LogP contribution is 2.18. The summed E-state index contributed by atoms with van der Waals surface area (Å²) in [6.45, 7) is 4.22. The lowest BCUT2D eigenvalue weighted by Gasteiger charge is -2.08. The quantitative estimate of drug-likeness (QED) is 0.795. The summed E-state index contributed by atoms with van der Waals surface area (Å²) in [6, 6.07) is 1.76. The number of nitrogens with two attached hydrogens (primary N) is 1. The molecular formula is C10H17N3OS. The minimum Gasteiger partial charge on any atom is -0.396 e. The molecule has 1 atom stereocenters. The van der Waals surface area contributed by atoms with Gasteiger partial charge in [-0.15, -0.1) is 0 Å². The lowest BCUT2D eigenvalue weighted by atomic mass is 10.3. The smallest absolute Gasteiger partial charge is 0.140 e. The van der Waals surface area contributed by atoms with Crippen molar-refractivity contribution in [1.82, 2.24) is 9.97 Å². The molecule has 1 aromatic rings. The van der Waals surface area contributed by atoms with E-state index in [1.165, 1.54) is 0 Å². The minimum atomic E-state index is 0.227. The fourth-order valence-corrected chi connectivity index (χ4v) is 2.04. The Bertz CT molecular complexity index is 299. The zero-order valence-electron chi connectivity index (χ0n) is 9.10. The van der Waals surface area contributed by atoms with Crippen LogP contribution in [0.5, 0.6) is 0 Å². The van der Waals surface area contributed by atoms with E-state index in [9.17, 15) is 0 Å². The number of thioether (sulfide) groups is 1. The van der Waals surface area contributed by atoms with Crippen molar-refractivity contribution in [3.63, 3.8) is 0 Å². The summed E-state index contributed by atoms with van der Waals surface area (Å²) in [4.78, 5) is 8.44. The maximum absolute atomic E-state index is 8.76. The summed E-state index contributed by atoms with van der Waals surface area (Å²) in [7, 11) is 0. The van der Waals surface area contributed by atoms with E-state index >= 15 is 0 Å². The molecule has 4 nitrogen and oxygen atoms in total. The standard InChI is InChI=1S/C10H17N3OS/c1-7-5-9(11)13-10(12-7)6-15-8(2)3-4-14/h5,8,14H,3-4,6H2,1-2H3,(H2,11,12,13). The number of hydrogen-bond acceptors (Lipinski definition) is 5. The Morgan fingerprint density at radius 2 is 2.27 bits per heavy atom. The highest BCUT2D eigenvalue weighted by molar-refractivity contribution is 7.99. The van der Waals surface area contributed by atoms with Gasteiger partial charge in [0.15, 0.2) is 0 Å². The lowest BCUT2D eigenvalue weighted by molar-refractivity contribution is 0.289. The van der Waals surface area contributed by atoms with Crippen LogP contribution in [0.2, 0.25) is 0 Å². The van der Waals surface area contributed by atoms with Crippen LogP contribution in [0.25, 0.3) is 0 Å². The van der Waals surface area contributed by atoms with Gasteiger partial charge in [0, 0.05) is 23.6 Å². The summed E-state index contributed by atoms with van der Waals surface area (Å²) in [5.41, 5.74) is 6.52. The zero-order valence-corrected chi connectivity index (χ0v) is 9.92. The van der Waals surface area contributed by atoms with Crippen molar-refractivity contribution in [3.05, 3.63) is 17.6 Å². The Morgan fingerprint density at radius 1 is 1.53 bits per heavy atom. The van der Waals surface area contributed by atoms with Gasteiger partial charge in [0.05, 0.1) is 5.75 Å². The first-order valence-corrected chi connectivity index (χ1v) is 5.99. The fraction of sp³-hybridized carbons (Fsp3) is 0.600. The van der Waals surface area contributed by atoms with Crippen LogP contribution in [-0.4, -0.2) is 26.9 Å². The van der Waals surface area contributed by atoms with Gasteiger partial charge in [-0.2, -0.15) is 11.8 Å². The molecule has 0 fully saturated rings. The summed E-state index contributed by atoms with van der Waals surface area (Å²) in [5, 5.41) is 9.17. The highest BCUT2D eigenvalue weighted by atomic mass is 32.2. The molecule has 15 heavy (non-hydrogen) atoms. The second-order valence-corrected chi connectivity index (χ2v) is 4.91. The van der Waals surface area contributed by atoms with Crippen LogP contribution in [0.4, 0.5) is 5.82 Å². The Balaban J connectivity index is 2.50. The molecule has 0 radical (unpaired) electrons. The van der Waals surface area contributed by atoms with E-state index in [1.807, 2.05) is 6.92 Å². The first kappa shape index (κ1) is 12.3. The number of anilines is 1. The van der Waals surface area contributed by atoms with Crippen LogP contribution in [0.15, 0.2) is 6.07 Å². The number of aliphatic hydroxyl groups is 1. The molecule has 0 saturated carbocycles.